The van der Waals surface area contributed by atoms with Gasteiger partial charge in [-0.25, -0.2) is 0 Å². The van der Waals surface area contributed by atoms with Gasteiger partial charge in [-0.2, -0.15) is 0 Å². The van der Waals surface area contributed by atoms with Gasteiger partial charge in [0.1, 0.15) is 11.8 Å². The van der Waals surface area contributed by atoms with E-state index < -0.39 is 6.10 Å². The predicted molar refractivity (Wildman–Crippen MR) is 92.5 cm³/mol. The number of carbonyl (C=O) groups is 2. The van der Waals surface area contributed by atoms with Gasteiger partial charge in [-0.1, -0.05) is 6.07 Å². The summed E-state index contributed by atoms with van der Waals surface area (Å²) >= 11 is 0. The highest BCUT2D eigenvalue weighted by Gasteiger charge is 2.34. The lowest BCUT2D eigenvalue weighted by atomic mass is 9.96. The Bertz CT molecular complexity index is 606. The molecule has 0 radical (unpaired) electrons. The third-order valence-corrected chi connectivity index (χ3v) is 4.78. The third kappa shape index (κ3) is 4.78. The van der Waals surface area contributed by atoms with Crippen LogP contribution in [0.5, 0.6) is 0 Å². The fourth-order valence-corrected chi connectivity index (χ4v) is 3.32. The first-order valence-corrected chi connectivity index (χ1v) is 9.01. The van der Waals surface area contributed by atoms with Crippen molar-refractivity contribution in [2.24, 2.45) is 0 Å². The maximum Gasteiger partial charge on any atom is 0.270 e. The lowest BCUT2D eigenvalue weighted by molar-refractivity contribution is -0.143. The molecule has 2 amide bonds. The molecule has 0 aliphatic carbocycles. The smallest absolute Gasteiger partial charge is 0.270 e. The number of rotatable bonds is 5. The van der Waals surface area contributed by atoms with Crippen molar-refractivity contribution in [1.29, 1.82) is 0 Å². The van der Waals surface area contributed by atoms with Crippen LogP contribution in [-0.2, 0) is 14.3 Å². The largest absolute Gasteiger partial charge is 0.394 e. The molecular formula is C18H25N3O5. The summed E-state index contributed by atoms with van der Waals surface area (Å²) in [4.78, 5) is 30.4. The molecule has 2 aliphatic heterocycles. The fraction of sp³-hybridized carbons (Fsp3) is 0.611. The summed E-state index contributed by atoms with van der Waals surface area (Å²) in [5.74, 6) is -0.244. The molecule has 0 spiro atoms. The summed E-state index contributed by atoms with van der Waals surface area (Å²) in [6.45, 7) is 2.14. The number of nitrogens with one attached hydrogen (secondary N) is 1. The molecule has 1 aromatic heterocycles. The summed E-state index contributed by atoms with van der Waals surface area (Å²) in [5.41, 5.74) is 0.328. The van der Waals surface area contributed by atoms with Crippen molar-refractivity contribution in [3.8, 4) is 0 Å². The summed E-state index contributed by atoms with van der Waals surface area (Å²) in [6.07, 6.45) is 2.37. The Morgan fingerprint density at radius 3 is 2.77 bits per heavy atom. The van der Waals surface area contributed by atoms with Gasteiger partial charge in [0.25, 0.3) is 5.91 Å². The highest BCUT2D eigenvalue weighted by atomic mass is 16.5. The van der Waals surface area contributed by atoms with Crippen molar-refractivity contribution in [2.75, 3.05) is 32.9 Å². The molecule has 8 nitrogen and oxygen atoms in total. The van der Waals surface area contributed by atoms with E-state index in [2.05, 4.69) is 10.3 Å². The molecule has 0 aromatic carbocycles. The van der Waals surface area contributed by atoms with Crippen LogP contribution in [-0.4, -0.2) is 78.0 Å². The number of morpholine rings is 1. The molecular weight excluding hydrogens is 338 g/mol. The third-order valence-electron chi connectivity index (χ3n) is 4.78. The Morgan fingerprint density at radius 1 is 1.27 bits per heavy atom. The van der Waals surface area contributed by atoms with E-state index in [9.17, 15) is 14.7 Å². The van der Waals surface area contributed by atoms with Crippen molar-refractivity contribution in [2.45, 2.75) is 37.5 Å². The first-order chi connectivity index (χ1) is 12.7. The number of hydrogen-bond acceptors (Lipinski definition) is 6. The van der Waals surface area contributed by atoms with Crippen LogP contribution in [0.4, 0.5) is 0 Å². The topological polar surface area (TPSA) is 101 Å². The molecule has 2 saturated heterocycles. The molecule has 0 saturated carbocycles. The summed E-state index contributed by atoms with van der Waals surface area (Å²) < 4.78 is 11.1. The molecule has 2 N–H and O–H groups in total. The molecule has 1 aromatic rings. The van der Waals surface area contributed by atoms with Crippen molar-refractivity contribution >= 4 is 11.8 Å². The summed E-state index contributed by atoms with van der Waals surface area (Å²) in [7, 11) is 0. The number of aliphatic hydroxyl groups is 1. The van der Waals surface area contributed by atoms with Crippen LogP contribution in [0.15, 0.2) is 24.4 Å². The number of carbonyl (C=O) groups excluding carboxylic acids is 2. The second-order valence-electron chi connectivity index (χ2n) is 6.55. The molecule has 0 bridgehead atoms. The van der Waals surface area contributed by atoms with E-state index in [0.29, 0.717) is 44.8 Å². The Morgan fingerprint density at radius 2 is 2.08 bits per heavy atom. The van der Waals surface area contributed by atoms with Gasteiger partial charge in [-0.05, 0) is 25.0 Å². The minimum Gasteiger partial charge on any atom is -0.394 e. The highest BCUT2D eigenvalue weighted by molar-refractivity contribution is 5.92. The Hall–Kier alpha value is -2.03. The van der Waals surface area contributed by atoms with Gasteiger partial charge < -0.3 is 24.8 Å². The zero-order valence-electron chi connectivity index (χ0n) is 14.7. The lowest BCUT2D eigenvalue weighted by Gasteiger charge is -2.37. The average molecular weight is 363 g/mol. The maximum atomic E-state index is 12.4. The van der Waals surface area contributed by atoms with E-state index in [-0.39, 0.29) is 37.0 Å². The lowest BCUT2D eigenvalue weighted by Crippen LogP contribution is -2.52. The van der Waals surface area contributed by atoms with E-state index in [1.165, 1.54) is 0 Å². The van der Waals surface area contributed by atoms with Gasteiger partial charge in [0.15, 0.2) is 0 Å². The second kappa shape index (κ2) is 9.07. The minimum atomic E-state index is -0.529. The molecule has 2 aliphatic rings. The molecule has 26 heavy (non-hydrogen) atoms. The fourth-order valence-electron chi connectivity index (χ4n) is 3.32. The maximum absolute atomic E-state index is 12.4. The van der Waals surface area contributed by atoms with Crippen LogP contribution in [0.1, 0.15) is 29.8 Å². The summed E-state index contributed by atoms with van der Waals surface area (Å²) in [5, 5.41) is 12.5. The van der Waals surface area contributed by atoms with Crippen molar-refractivity contribution in [3.05, 3.63) is 30.1 Å². The van der Waals surface area contributed by atoms with Crippen molar-refractivity contribution in [1.82, 2.24) is 15.2 Å². The first kappa shape index (κ1) is 18.8. The minimum absolute atomic E-state index is 0.0472. The molecule has 2 fully saturated rings. The second-order valence-corrected chi connectivity index (χ2v) is 6.55. The van der Waals surface area contributed by atoms with Crippen LogP contribution in [0.2, 0.25) is 0 Å². The monoisotopic (exact) mass is 363 g/mol. The molecule has 3 heterocycles. The van der Waals surface area contributed by atoms with E-state index in [0.717, 1.165) is 0 Å². The van der Waals surface area contributed by atoms with Crippen LogP contribution < -0.4 is 5.32 Å². The average Bonchev–Trinajstić information content (AvgIpc) is 2.70. The van der Waals surface area contributed by atoms with Gasteiger partial charge in [-0.3, -0.25) is 14.6 Å². The highest BCUT2D eigenvalue weighted by Crippen LogP contribution is 2.23. The standard InChI is InChI=1S/C18H25N3O5/c22-12-16-14(20-18(24)15-3-1-2-6-19-15)5-4-13(26-16)11-17(23)21-7-9-25-10-8-21/h1-3,6,13-14,16,22H,4-5,7-12H2,(H,20,24)/t13-,14+,16-/m0/s1. The molecule has 3 rings (SSSR count). The van der Waals surface area contributed by atoms with Gasteiger partial charge in [0.05, 0.1) is 38.4 Å². The number of nitrogens with zero attached hydrogens (tertiary/aromatic N) is 2. The van der Waals surface area contributed by atoms with E-state index >= 15 is 0 Å². The summed E-state index contributed by atoms with van der Waals surface area (Å²) in [6, 6.07) is 4.82. The number of pyridine rings is 1. The predicted octanol–water partition coefficient (Wildman–Crippen LogP) is -0.0312. The van der Waals surface area contributed by atoms with E-state index in [1.807, 2.05) is 0 Å². The Kier molecular flexibility index (Phi) is 6.54. The molecule has 0 unspecified atom stereocenters. The van der Waals surface area contributed by atoms with Crippen LogP contribution in [0.25, 0.3) is 0 Å². The quantitative estimate of drug-likeness (QED) is 0.762. The van der Waals surface area contributed by atoms with Crippen LogP contribution >= 0.6 is 0 Å². The number of aliphatic hydroxyl groups excluding tert-OH is 1. The number of ether oxygens (including phenoxy) is 2. The molecule has 8 heteroatoms. The first-order valence-electron chi connectivity index (χ1n) is 9.01. The normalized spacial score (nSPS) is 26.3. The van der Waals surface area contributed by atoms with Crippen LogP contribution in [0, 0.1) is 0 Å². The number of aromatic nitrogens is 1. The van der Waals surface area contributed by atoms with Gasteiger partial charge in [0.2, 0.25) is 5.91 Å². The number of amides is 2. The van der Waals surface area contributed by atoms with Gasteiger partial charge in [-0.15, -0.1) is 0 Å². The van der Waals surface area contributed by atoms with Crippen LogP contribution in [0.3, 0.4) is 0 Å². The SMILES string of the molecule is O=C(N[C@@H]1CC[C@@H](CC(=O)N2CCOCC2)O[C@H]1CO)c1ccccn1. The Labute approximate surface area is 152 Å². The Balaban J connectivity index is 1.51. The zero-order chi connectivity index (χ0) is 18.4. The zero-order valence-corrected chi connectivity index (χ0v) is 14.7. The van der Waals surface area contributed by atoms with Gasteiger partial charge >= 0.3 is 0 Å². The van der Waals surface area contributed by atoms with Crippen molar-refractivity contribution in [3.63, 3.8) is 0 Å². The molecule has 142 valence electrons. The van der Waals surface area contributed by atoms with E-state index in [1.54, 1.807) is 29.3 Å². The van der Waals surface area contributed by atoms with Crippen molar-refractivity contribution < 1.29 is 24.2 Å². The number of hydrogen-bond donors (Lipinski definition) is 2. The molecule has 3 atom stereocenters. The van der Waals surface area contributed by atoms with Gasteiger partial charge in [0, 0.05) is 19.3 Å². The van der Waals surface area contributed by atoms with E-state index in [4.69, 9.17) is 9.47 Å².